The molecule has 0 aliphatic carbocycles. The van der Waals surface area contributed by atoms with Crippen LogP contribution in [0.3, 0.4) is 0 Å². The summed E-state index contributed by atoms with van der Waals surface area (Å²) >= 11 is 6.59. The summed E-state index contributed by atoms with van der Waals surface area (Å²) in [7, 11) is 7.93. The summed E-state index contributed by atoms with van der Waals surface area (Å²) in [6.07, 6.45) is 2.23. The number of carbonyl (C=O) groups excluding carboxylic acids is 4. The second kappa shape index (κ2) is 29.9. The average molecular weight is 1170 g/mol. The molecule has 8 N–H and O–H groups in total. The van der Waals surface area contributed by atoms with E-state index in [0.29, 0.717) is 28.5 Å². The molecule has 21 heteroatoms. The van der Waals surface area contributed by atoms with E-state index in [1.165, 1.54) is 68.8 Å². The molecule has 2 aliphatic rings. The fourth-order valence-corrected chi connectivity index (χ4v) is 8.95. The Balaban J connectivity index is 0.000000339. The van der Waals surface area contributed by atoms with Gasteiger partial charge in [-0.2, -0.15) is 0 Å². The van der Waals surface area contributed by atoms with Crippen LogP contribution in [0.1, 0.15) is 75.0 Å². The summed E-state index contributed by atoms with van der Waals surface area (Å²) < 4.78 is 17.3. The van der Waals surface area contributed by atoms with E-state index >= 15 is 0 Å². The van der Waals surface area contributed by atoms with Crippen LogP contribution in [0.4, 0.5) is 0 Å². The smallest absolute Gasteiger partial charge is 0.267 e. The normalized spacial score (nSPS) is 16.1. The first-order valence-electron chi connectivity index (χ1n) is 21.6. The molecule has 16 nitrogen and oxygen atoms in total. The summed E-state index contributed by atoms with van der Waals surface area (Å²) in [5, 5.41) is 5.63. The number of ether oxygens (including phenoxy) is 3. The maximum absolute atomic E-state index is 13.0. The Hall–Kier alpha value is -6.33. The van der Waals surface area contributed by atoms with E-state index in [1.54, 1.807) is 63.0 Å². The van der Waals surface area contributed by atoms with Gasteiger partial charge in [0.05, 0.1) is 25.7 Å². The van der Waals surface area contributed by atoms with Crippen LogP contribution in [0.25, 0.3) is 0 Å². The zero-order valence-corrected chi connectivity index (χ0v) is 45.8. The number of ketones is 2. The fraction of sp³-hybridized carbons (Fsp3) is 0.275. The fourth-order valence-electron chi connectivity index (χ4n) is 6.53. The molecule has 0 radical (unpaired) electrons. The highest BCUT2D eigenvalue weighted by molar-refractivity contribution is 14.1. The molecule has 72 heavy (non-hydrogen) atoms. The van der Waals surface area contributed by atoms with Gasteiger partial charge in [0.2, 0.25) is 22.6 Å². The van der Waals surface area contributed by atoms with E-state index in [2.05, 4.69) is 51.4 Å². The molecule has 8 rings (SSSR count). The molecule has 0 fully saturated rings. The molecule has 3 aromatic carbocycles. The minimum absolute atomic E-state index is 0. The van der Waals surface area contributed by atoms with Crippen molar-refractivity contribution >= 4 is 110 Å². The number of Topliss-reactive ketones (excluding diaryl/α,β-unsaturated/α-hetero) is 2. The van der Waals surface area contributed by atoms with Crippen LogP contribution in [-0.4, -0.2) is 97.5 Å². The summed E-state index contributed by atoms with van der Waals surface area (Å²) in [5.74, 6) is 1.26. The number of methoxy groups -OCH3 is 2. The molecule has 6 aromatic rings. The lowest BCUT2D eigenvalue weighted by Crippen LogP contribution is -2.40. The first-order valence-corrected chi connectivity index (χ1v) is 25.8. The molecule has 386 valence electrons. The number of likely N-dealkylation sites (N-methyl/N-ethyl adjacent to an activating group) is 2. The highest BCUT2D eigenvalue weighted by Gasteiger charge is 2.51. The summed E-state index contributed by atoms with van der Waals surface area (Å²) in [5.41, 5.74) is 21.1. The molecule has 5 heterocycles. The van der Waals surface area contributed by atoms with E-state index in [0.717, 1.165) is 33.1 Å². The lowest BCUT2D eigenvalue weighted by Gasteiger charge is -2.24. The Morgan fingerprint density at radius 3 is 1.47 bits per heavy atom. The number of hydrogen-bond acceptors (Lipinski definition) is 15. The number of halogens is 2. The average Bonchev–Trinajstić information content (AvgIpc) is 4.28. The van der Waals surface area contributed by atoms with Gasteiger partial charge in [0.25, 0.3) is 11.8 Å². The van der Waals surface area contributed by atoms with E-state index in [9.17, 15) is 19.2 Å². The second-order valence-electron chi connectivity index (χ2n) is 14.9. The SMILES string of the molecule is C.CCCI.CCCOc1cccc(C2(c3cccs3)N=C(N)N(C)C2=O)c1.CN=C(N)N.COc1cccc(C(=O)C(=O)c2cccs2)c1.COc1cccc(C2(c3cccs3)N=C(N)N(C)C2=O)c1.Cl. The van der Waals surface area contributed by atoms with Crippen LogP contribution in [0, 0.1) is 0 Å². The Morgan fingerprint density at radius 1 is 0.667 bits per heavy atom. The predicted molar refractivity (Wildman–Crippen MR) is 305 cm³/mol. The van der Waals surface area contributed by atoms with Crippen LogP contribution >= 0.6 is 69.0 Å². The molecule has 2 aliphatic heterocycles. The van der Waals surface area contributed by atoms with Gasteiger partial charge >= 0.3 is 0 Å². The molecule has 3 aromatic heterocycles. The number of hydrogen-bond donors (Lipinski definition) is 4. The Labute approximate surface area is 453 Å². The largest absolute Gasteiger partial charge is 0.497 e. The number of rotatable bonds is 13. The van der Waals surface area contributed by atoms with Crippen molar-refractivity contribution in [2.75, 3.05) is 46.4 Å². The van der Waals surface area contributed by atoms with Gasteiger partial charge in [-0.15, -0.1) is 46.4 Å². The van der Waals surface area contributed by atoms with Crippen LogP contribution < -0.4 is 37.1 Å². The first-order chi connectivity index (χ1) is 33.6. The van der Waals surface area contributed by atoms with Crippen LogP contribution in [0.5, 0.6) is 17.2 Å². The summed E-state index contributed by atoms with van der Waals surface area (Å²) in [4.78, 5) is 66.9. The Bertz CT molecular complexity index is 2750. The highest BCUT2D eigenvalue weighted by Crippen LogP contribution is 2.43. The molecular formula is C51H63ClIN9O7S3. The lowest BCUT2D eigenvalue weighted by atomic mass is 9.88. The minimum atomic E-state index is -1.11. The number of alkyl halides is 1. The van der Waals surface area contributed by atoms with Crippen LogP contribution in [-0.2, 0) is 20.7 Å². The number of amides is 2. The van der Waals surface area contributed by atoms with E-state index in [4.69, 9.17) is 37.1 Å². The zero-order valence-electron chi connectivity index (χ0n) is 40.4. The van der Waals surface area contributed by atoms with Crippen molar-refractivity contribution in [3.8, 4) is 17.2 Å². The van der Waals surface area contributed by atoms with Gasteiger partial charge in [0.1, 0.15) is 17.2 Å². The van der Waals surface area contributed by atoms with Crippen molar-refractivity contribution in [1.82, 2.24) is 9.80 Å². The molecular weight excluding hydrogens is 1110 g/mol. The maximum atomic E-state index is 13.0. The van der Waals surface area contributed by atoms with Crippen molar-refractivity contribution in [3.05, 3.63) is 157 Å². The van der Waals surface area contributed by atoms with E-state index in [1.807, 2.05) is 83.6 Å². The van der Waals surface area contributed by atoms with E-state index < -0.39 is 22.6 Å². The number of thiophene rings is 3. The van der Waals surface area contributed by atoms with Crippen molar-refractivity contribution < 1.29 is 33.4 Å². The summed E-state index contributed by atoms with van der Waals surface area (Å²) in [6.45, 7) is 4.86. The third-order valence-corrected chi connectivity index (χ3v) is 14.1. The Morgan fingerprint density at radius 2 is 1.10 bits per heavy atom. The molecule has 0 saturated carbocycles. The molecule has 2 amide bonds. The third-order valence-electron chi connectivity index (χ3n) is 10.2. The summed E-state index contributed by atoms with van der Waals surface area (Å²) in [6, 6.07) is 32.5. The molecule has 0 saturated heterocycles. The number of nitrogens with zero attached hydrogens (tertiary/aromatic N) is 5. The maximum Gasteiger partial charge on any atom is 0.267 e. The van der Waals surface area contributed by atoms with Crippen molar-refractivity contribution in [3.63, 3.8) is 0 Å². The minimum Gasteiger partial charge on any atom is -0.497 e. The van der Waals surface area contributed by atoms with Gasteiger partial charge in [-0.1, -0.05) is 98.5 Å². The molecule has 0 spiro atoms. The van der Waals surface area contributed by atoms with Crippen molar-refractivity contribution in [1.29, 1.82) is 0 Å². The molecule has 2 atom stereocenters. The van der Waals surface area contributed by atoms with Crippen molar-refractivity contribution in [2.45, 2.75) is 45.2 Å². The molecule has 2 unspecified atom stereocenters. The van der Waals surface area contributed by atoms with Gasteiger partial charge < -0.3 is 37.1 Å². The monoisotopic (exact) mass is 1170 g/mol. The van der Waals surface area contributed by atoms with Crippen molar-refractivity contribution in [2.24, 2.45) is 37.9 Å². The highest BCUT2D eigenvalue weighted by atomic mass is 127. The second-order valence-corrected chi connectivity index (χ2v) is 18.8. The number of guanidine groups is 3. The van der Waals surface area contributed by atoms with Gasteiger partial charge in [-0.25, -0.2) is 9.98 Å². The predicted octanol–water partition coefficient (Wildman–Crippen LogP) is 8.96. The van der Waals surface area contributed by atoms with Crippen LogP contribution in [0.2, 0.25) is 0 Å². The zero-order chi connectivity index (χ0) is 51.4. The Kier molecular flexibility index (Phi) is 25.6. The quantitative estimate of drug-likeness (QED) is 0.0212. The third kappa shape index (κ3) is 14.9. The first kappa shape index (κ1) is 61.8. The van der Waals surface area contributed by atoms with Gasteiger partial charge in [0, 0.05) is 36.5 Å². The number of aliphatic imine (C=N–C) groups is 3. The lowest BCUT2D eigenvalue weighted by molar-refractivity contribution is -0.129. The van der Waals surface area contributed by atoms with Gasteiger partial charge in [-0.05, 0) is 99.1 Å². The van der Waals surface area contributed by atoms with E-state index in [-0.39, 0.29) is 49.5 Å². The van der Waals surface area contributed by atoms with Gasteiger partial charge in [0.15, 0.2) is 17.9 Å². The topological polar surface area (TPSA) is 244 Å². The standard InChI is InChI=1S/C17H19N3O2S.C15H15N3O2S.C13H10O3S.C3H7I.C2H7N3.CH4.ClH/c1-3-9-22-13-7-4-6-12(11-13)17(14-8-5-10-23-14)15(21)20(2)16(18)19-17;1-18-13(19)15(17-14(18)16,12-7-4-8-21-12)10-5-3-6-11(9-10)20-2;1-16-10-5-2-4-9(8-10)12(14)13(15)11-6-3-7-17-11;1-2-3-4;1-5-2(3)4;;/h4-8,10-11H,3,9H2,1-2H3,(H2,18,19);3-9H,1-2H3,(H2,16,17);2-8H,1H3;2-3H2,1H3;1H3,(H4,3,4,5);1H4;1H. The number of benzene rings is 3. The number of carbonyl (C=O) groups is 4. The van der Waals surface area contributed by atoms with Gasteiger partial charge in [-0.3, -0.25) is 34.0 Å². The van der Waals surface area contributed by atoms with Crippen LogP contribution in [0.15, 0.2) is 140 Å². The number of nitrogens with two attached hydrogens (primary N) is 4. The molecule has 0 bridgehead atoms.